The van der Waals surface area contributed by atoms with E-state index in [4.69, 9.17) is 0 Å². The van der Waals surface area contributed by atoms with Gasteiger partial charge in [0, 0.05) is 19.1 Å². The maximum absolute atomic E-state index is 2.64. The maximum atomic E-state index is 2.64. The van der Waals surface area contributed by atoms with Gasteiger partial charge in [-0.3, -0.25) is 4.90 Å². The molecule has 1 heteroatoms. The Labute approximate surface area is 134 Å². The second-order valence-corrected chi connectivity index (χ2v) is 7.13. The molecule has 1 aliphatic rings. The first-order valence-electron chi connectivity index (χ1n) is 10.1. The Balaban J connectivity index is 1.70. The van der Waals surface area contributed by atoms with Crippen LogP contribution in [0.5, 0.6) is 0 Å². The predicted molar refractivity (Wildman–Crippen MR) is 96.0 cm³/mol. The van der Waals surface area contributed by atoms with Crippen molar-refractivity contribution in [3.63, 3.8) is 0 Å². The Morgan fingerprint density at radius 2 is 1.05 bits per heavy atom. The standard InChI is InChI=1S/C20H41N/c1-3-5-6-7-8-9-10-11-12-13-14-15-16-17-20(4-2)21-18-19-21/h20H,3-19H2,1-2H3. The lowest BCUT2D eigenvalue weighted by molar-refractivity contribution is 0.351. The highest BCUT2D eigenvalue weighted by Crippen LogP contribution is 2.20. The summed E-state index contributed by atoms with van der Waals surface area (Å²) in [6.07, 6.45) is 21.9. The Hall–Kier alpha value is -0.0400. The monoisotopic (exact) mass is 295 g/mol. The molecule has 21 heavy (non-hydrogen) atoms. The molecule has 0 spiro atoms. The maximum Gasteiger partial charge on any atom is 0.0113 e. The quantitative estimate of drug-likeness (QED) is 0.230. The van der Waals surface area contributed by atoms with Gasteiger partial charge in [0.2, 0.25) is 0 Å². The van der Waals surface area contributed by atoms with Gasteiger partial charge >= 0.3 is 0 Å². The van der Waals surface area contributed by atoms with Gasteiger partial charge < -0.3 is 0 Å². The highest BCUT2D eigenvalue weighted by molar-refractivity contribution is 4.81. The molecule has 1 fully saturated rings. The second-order valence-electron chi connectivity index (χ2n) is 7.13. The first kappa shape index (κ1) is 19.0. The van der Waals surface area contributed by atoms with Crippen molar-refractivity contribution < 1.29 is 0 Å². The van der Waals surface area contributed by atoms with Crippen LogP contribution < -0.4 is 0 Å². The molecule has 1 rings (SSSR count). The van der Waals surface area contributed by atoms with Crippen molar-refractivity contribution in [2.45, 2.75) is 116 Å². The van der Waals surface area contributed by atoms with Gasteiger partial charge in [-0.2, -0.15) is 0 Å². The van der Waals surface area contributed by atoms with Gasteiger partial charge in [0.25, 0.3) is 0 Å². The molecule has 1 unspecified atom stereocenters. The van der Waals surface area contributed by atoms with Gasteiger partial charge in [0.15, 0.2) is 0 Å². The zero-order chi connectivity index (χ0) is 15.2. The normalized spacial score (nSPS) is 16.3. The summed E-state index contributed by atoms with van der Waals surface area (Å²) < 4.78 is 0. The number of nitrogens with zero attached hydrogens (tertiary/aromatic N) is 1. The summed E-state index contributed by atoms with van der Waals surface area (Å²) in [5.74, 6) is 0. The second kappa shape index (κ2) is 13.6. The Morgan fingerprint density at radius 1 is 0.619 bits per heavy atom. The average molecular weight is 296 g/mol. The number of unbranched alkanes of at least 4 members (excludes halogenated alkanes) is 12. The van der Waals surface area contributed by atoms with E-state index in [2.05, 4.69) is 18.7 Å². The summed E-state index contributed by atoms with van der Waals surface area (Å²) in [4.78, 5) is 2.64. The zero-order valence-corrected chi connectivity index (χ0v) is 15.0. The molecule has 1 saturated heterocycles. The third kappa shape index (κ3) is 11.2. The summed E-state index contributed by atoms with van der Waals surface area (Å²) in [6.45, 7) is 7.39. The van der Waals surface area contributed by atoms with Crippen LogP contribution >= 0.6 is 0 Å². The van der Waals surface area contributed by atoms with E-state index in [0.29, 0.717) is 0 Å². The molecule has 0 saturated carbocycles. The molecule has 0 radical (unpaired) electrons. The minimum atomic E-state index is 0.915. The van der Waals surface area contributed by atoms with Gasteiger partial charge in [0.1, 0.15) is 0 Å². The van der Waals surface area contributed by atoms with Crippen LogP contribution in [0.3, 0.4) is 0 Å². The smallest absolute Gasteiger partial charge is 0.0113 e. The van der Waals surface area contributed by atoms with E-state index in [-0.39, 0.29) is 0 Å². The molecule has 0 amide bonds. The molecule has 0 N–H and O–H groups in total. The first-order chi connectivity index (χ1) is 10.4. The number of rotatable bonds is 16. The SMILES string of the molecule is CCCCCCCCCCCCCCCC(CC)N1CC1. The first-order valence-corrected chi connectivity index (χ1v) is 10.1. The van der Waals surface area contributed by atoms with E-state index in [1.807, 2.05) is 0 Å². The third-order valence-electron chi connectivity index (χ3n) is 5.11. The molecule has 0 bridgehead atoms. The lowest BCUT2D eigenvalue weighted by atomic mass is 10.0. The molecular weight excluding hydrogens is 254 g/mol. The minimum Gasteiger partial charge on any atom is -0.298 e. The lowest BCUT2D eigenvalue weighted by Crippen LogP contribution is -2.17. The highest BCUT2D eigenvalue weighted by atomic mass is 15.3. The van der Waals surface area contributed by atoms with E-state index < -0.39 is 0 Å². The van der Waals surface area contributed by atoms with Crippen molar-refractivity contribution >= 4 is 0 Å². The summed E-state index contributed by atoms with van der Waals surface area (Å²) in [7, 11) is 0. The van der Waals surface area contributed by atoms with Crippen molar-refractivity contribution in [3.05, 3.63) is 0 Å². The van der Waals surface area contributed by atoms with E-state index in [0.717, 1.165) is 6.04 Å². The van der Waals surface area contributed by atoms with Crippen molar-refractivity contribution in [2.24, 2.45) is 0 Å². The van der Waals surface area contributed by atoms with E-state index in [9.17, 15) is 0 Å². The van der Waals surface area contributed by atoms with Crippen LogP contribution in [0.15, 0.2) is 0 Å². The van der Waals surface area contributed by atoms with Crippen molar-refractivity contribution in [2.75, 3.05) is 13.1 Å². The van der Waals surface area contributed by atoms with Gasteiger partial charge in [-0.25, -0.2) is 0 Å². The summed E-state index contributed by atoms with van der Waals surface area (Å²) in [5, 5.41) is 0. The number of hydrogen-bond donors (Lipinski definition) is 0. The minimum absolute atomic E-state index is 0.915. The van der Waals surface area contributed by atoms with E-state index in [1.165, 1.54) is 109 Å². The highest BCUT2D eigenvalue weighted by Gasteiger charge is 2.25. The fraction of sp³-hybridized carbons (Fsp3) is 1.00. The van der Waals surface area contributed by atoms with Crippen LogP contribution in [0.25, 0.3) is 0 Å². The molecule has 0 aliphatic carbocycles. The van der Waals surface area contributed by atoms with Crippen LogP contribution in [0.4, 0.5) is 0 Å². The van der Waals surface area contributed by atoms with Crippen LogP contribution in [-0.2, 0) is 0 Å². The average Bonchev–Trinajstić information content (AvgIpc) is 3.32. The third-order valence-corrected chi connectivity index (χ3v) is 5.11. The molecule has 1 atom stereocenters. The van der Waals surface area contributed by atoms with E-state index in [1.54, 1.807) is 0 Å². The molecule has 1 aliphatic heterocycles. The summed E-state index contributed by atoms with van der Waals surface area (Å²) in [6, 6.07) is 0.915. The van der Waals surface area contributed by atoms with Crippen LogP contribution in [0, 0.1) is 0 Å². The molecule has 0 aromatic rings. The van der Waals surface area contributed by atoms with Gasteiger partial charge in [0.05, 0.1) is 0 Å². The molecular formula is C20H41N. The van der Waals surface area contributed by atoms with Crippen LogP contribution in [0.1, 0.15) is 110 Å². The zero-order valence-electron chi connectivity index (χ0n) is 15.0. The largest absolute Gasteiger partial charge is 0.298 e. The fourth-order valence-corrected chi connectivity index (χ4v) is 3.47. The van der Waals surface area contributed by atoms with Crippen molar-refractivity contribution in [1.29, 1.82) is 0 Å². The van der Waals surface area contributed by atoms with Crippen LogP contribution in [0.2, 0.25) is 0 Å². The van der Waals surface area contributed by atoms with Crippen molar-refractivity contribution in [1.82, 2.24) is 4.90 Å². The topological polar surface area (TPSA) is 3.01 Å². The molecule has 126 valence electrons. The molecule has 0 aromatic heterocycles. The lowest BCUT2D eigenvalue weighted by Gasteiger charge is -2.15. The fourth-order valence-electron chi connectivity index (χ4n) is 3.47. The molecule has 1 heterocycles. The van der Waals surface area contributed by atoms with Gasteiger partial charge in [-0.1, -0.05) is 97.3 Å². The van der Waals surface area contributed by atoms with Crippen molar-refractivity contribution in [3.8, 4) is 0 Å². The summed E-state index contributed by atoms with van der Waals surface area (Å²) >= 11 is 0. The van der Waals surface area contributed by atoms with Gasteiger partial charge in [-0.15, -0.1) is 0 Å². The van der Waals surface area contributed by atoms with Gasteiger partial charge in [-0.05, 0) is 12.8 Å². The summed E-state index contributed by atoms with van der Waals surface area (Å²) in [5.41, 5.74) is 0. The van der Waals surface area contributed by atoms with E-state index >= 15 is 0 Å². The Bertz CT molecular complexity index is 210. The Kier molecular flexibility index (Phi) is 12.3. The number of hydrogen-bond acceptors (Lipinski definition) is 1. The Morgan fingerprint density at radius 3 is 1.43 bits per heavy atom. The molecule has 1 nitrogen and oxygen atoms in total. The van der Waals surface area contributed by atoms with Crippen LogP contribution in [-0.4, -0.2) is 24.0 Å². The molecule has 0 aromatic carbocycles. The predicted octanol–water partition coefficient (Wildman–Crippen LogP) is 6.56.